The summed E-state index contributed by atoms with van der Waals surface area (Å²) >= 11 is -0.586. The maximum atomic E-state index is 4.89. The molecule has 1 rings (SSSR count). The van der Waals surface area contributed by atoms with Gasteiger partial charge in [0.25, 0.3) is 0 Å². The molecule has 0 radical (unpaired) electrons. The summed E-state index contributed by atoms with van der Waals surface area (Å²) in [4.78, 5) is 0. The number of halogens is 2. The van der Waals surface area contributed by atoms with Crippen LogP contribution in [0.3, 0.4) is 0 Å². The molecule has 46 valence electrons. The van der Waals surface area contributed by atoms with Gasteiger partial charge in [-0.25, -0.2) is 12.2 Å². The van der Waals surface area contributed by atoms with Crippen LogP contribution in [0.5, 0.6) is 0 Å². The Bertz CT molecular complexity index is 78.4. The summed E-state index contributed by atoms with van der Waals surface area (Å²) in [6.07, 6.45) is 10.0. The Balaban J connectivity index is 0.000000145. The van der Waals surface area contributed by atoms with Crippen LogP contribution >= 0.6 is 18.8 Å². The van der Waals surface area contributed by atoms with Crippen LogP contribution in [0.15, 0.2) is 18.2 Å². The molecule has 0 saturated heterocycles. The maximum absolute atomic E-state index is 4.89. The first-order chi connectivity index (χ1) is 3.91. The molecular formula is C5H5Cl2Mo-. The number of allylic oxidation sites excluding steroid dienone is 4. The summed E-state index contributed by atoms with van der Waals surface area (Å²) < 4.78 is 0. The van der Waals surface area contributed by atoms with Crippen LogP contribution in [0.25, 0.3) is 0 Å². The van der Waals surface area contributed by atoms with Crippen molar-refractivity contribution in [1.29, 1.82) is 0 Å². The molecule has 0 aromatic heterocycles. The molecule has 0 spiro atoms. The van der Waals surface area contributed by atoms with Crippen molar-refractivity contribution in [2.24, 2.45) is 0 Å². The van der Waals surface area contributed by atoms with Crippen molar-refractivity contribution in [3.8, 4) is 0 Å². The Hall–Kier alpha value is 0.748. The first kappa shape index (κ1) is 8.75. The summed E-state index contributed by atoms with van der Waals surface area (Å²) in [6, 6.07) is 0. The van der Waals surface area contributed by atoms with Gasteiger partial charge >= 0.3 is 35.3 Å². The van der Waals surface area contributed by atoms with Crippen molar-refractivity contribution in [3.63, 3.8) is 0 Å². The summed E-state index contributed by atoms with van der Waals surface area (Å²) in [5.41, 5.74) is 0. The second-order valence-corrected chi connectivity index (χ2v) is 4.11. The van der Waals surface area contributed by atoms with Crippen LogP contribution < -0.4 is 0 Å². The monoisotopic (exact) mass is 233 g/mol. The SMILES string of the molecule is [C-]1=CC=CC1.[Cl][Mo][Cl]. The van der Waals surface area contributed by atoms with Gasteiger partial charge in [-0.2, -0.15) is 6.08 Å². The zero-order valence-corrected chi connectivity index (χ0v) is 7.62. The van der Waals surface area contributed by atoms with Gasteiger partial charge < -0.3 is 0 Å². The van der Waals surface area contributed by atoms with E-state index in [1.165, 1.54) is 0 Å². The van der Waals surface area contributed by atoms with Crippen molar-refractivity contribution in [2.75, 3.05) is 0 Å². The Labute approximate surface area is 65.9 Å². The molecule has 0 nitrogen and oxygen atoms in total. The van der Waals surface area contributed by atoms with Gasteiger partial charge in [0.05, 0.1) is 0 Å². The van der Waals surface area contributed by atoms with E-state index < -0.39 is 16.5 Å². The second-order valence-electron chi connectivity index (χ2n) is 1.06. The van der Waals surface area contributed by atoms with Gasteiger partial charge in [0.15, 0.2) is 0 Å². The molecule has 8 heavy (non-hydrogen) atoms. The van der Waals surface area contributed by atoms with Crippen molar-refractivity contribution in [1.82, 2.24) is 0 Å². The molecule has 0 aliphatic heterocycles. The van der Waals surface area contributed by atoms with Crippen LogP contribution in [0.1, 0.15) is 6.42 Å². The van der Waals surface area contributed by atoms with E-state index >= 15 is 0 Å². The van der Waals surface area contributed by atoms with Crippen molar-refractivity contribution >= 4 is 18.8 Å². The van der Waals surface area contributed by atoms with E-state index in [0.29, 0.717) is 0 Å². The minimum atomic E-state index is -0.586. The molecule has 1 aliphatic rings. The molecule has 0 heterocycles. The predicted molar refractivity (Wildman–Crippen MR) is 33.3 cm³/mol. The fraction of sp³-hybridized carbons (Fsp3) is 0.200. The van der Waals surface area contributed by atoms with Crippen LogP contribution in [-0.4, -0.2) is 0 Å². The van der Waals surface area contributed by atoms with Crippen LogP contribution in [0.4, 0.5) is 0 Å². The molecule has 1 aliphatic carbocycles. The van der Waals surface area contributed by atoms with E-state index in [0.717, 1.165) is 6.42 Å². The van der Waals surface area contributed by atoms with E-state index in [1.54, 1.807) is 0 Å². The van der Waals surface area contributed by atoms with Gasteiger partial charge in [0, 0.05) is 0 Å². The van der Waals surface area contributed by atoms with E-state index in [2.05, 4.69) is 12.2 Å². The Morgan fingerprint density at radius 2 is 2.12 bits per heavy atom. The van der Waals surface area contributed by atoms with E-state index in [9.17, 15) is 0 Å². The van der Waals surface area contributed by atoms with Gasteiger partial charge in [0.2, 0.25) is 0 Å². The third-order valence-electron chi connectivity index (χ3n) is 0.586. The standard InChI is InChI=1S/C5H5.2ClH.Mo/c1-2-4-5-3-1;;;/h1-3H,4H2;2*1H;/q-1;;;+2/p-2. The summed E-state index contributed by atoms with van der Waals surface area (Å²) in [6.45, 7) is 0. The minimum absolute atomic E-state index is 0.586. The van der Waals surface area contributed by atoms with Gasteiger partial charge in [0.1, 0.15) is 0 Å². The predicted octanol–water partition coefficient (Wildman–Crippen LogP) is 2.68. The van der Waals surface area contributed by atoms with E-state index in [4.69, 9.17) is 18.8 Å². The molecule has 0 amide bonds. The van der Waals surface area contributed by atoms with Gasteiger partial charge in [-0.3, -0.25) is 6.08 Å². The Kier molecular flexibility index (Phi) is 8.47. The zero-order chi connectivity index (χ0) is 6.24. The zero-order valence-electron chi connectivity index (χ0n) is 4.10. The van der Waals surface area contributed by atoms with Gasteiger partial charge in [-0.15, -0.1) is 6.42 Å². The van der Waals surface area contributed by atoms with Gasteiger partial charge in [-0.1, -0.05) is 0 Å². The average Bonchev–Trinajstić information content (AvgIpc) is 2.17. The van der Waals surface area contributed by atoms with Crippen molar-refractivity contribution < 1.29 is 16.5 Å². The molecule has 0 fully saturated rings. The summed E-state index contributed by atoms with van der Waals surface area (Å²) in [7, 11) is 9.79. The number of hydrogen-bond acceptors (Lipinski definition) is 0. The molecule has 0 saturated carbocycles. The number of hydrogen-bond donors (Lipinski definition) is 0. The Morgan fingerprint density at radius 3 is 2.25 bits per heavy atom. The first-order valence-electron chi connectivity index (χ1n) is 2.03. The molecule has 0 aromatic carbocycles. The third-order valence-corrected chi connectivity index (χ3v) is 0.586. The van der Waals surface area contributed by atoms with Crippen molar-refractivity contribution in [3.05, 3.63) is 24.3 Å². The van der Waals surface area contributed by atoms with Gasteiger partial charge in [-0.05, 0) is 0 Å². The molecule has 0 N–H and O–H groups in total. The Morgan fingerprint density at radius 1 is 1.50 bits per heavy atom. The second kappa shape index (κ2) is 7.75. The fourth-order valence-corrected chi connectivity index (χ4v) is 0.340. The van der Waals surface area contributed by atoms with E-state index in [-0.39, 0.29) is 0 Å². The topological polar surface area (TPSA) is 0 Å². The molecule has 0 bridgehead atoms. The van der Waals surface area contributed by atoms with Crippen LogP contribution in [0, 0.1) is 6.08 Å². The third kappa shape index (κ3) is 6.75. The average molecular weight is 232 g/mol. The fourth-order valence-electron chi connectivity index (χ4n) is 0.340. The number of rotatable bonds is 0. The summed E-state index contributed by atoms with van der Waals surface area (Å²) in [5.74, 6) is 0. The van der Waals surface area contributed by atoms with Crippen LogP contribution in [0.2, 0.25) is 0 Å². The first-order valence-corrected chi connectivity index (χ1v) is 7.19. The quantitative estimate of drug-likeness (QED) is 0.444. The molecule has 3 heteroatoms. The molecular weight excluding hydrogens is 227 g/mol. The van der Waals surface area contributed by atoms with Crippen LogP contribution in [-0.2, 0) is 16.5 Å². The van der Waals surface area contributed by atoms with Crippen molar-refractivity contribution in [2.45, 2.75) is 6.42 Å². The molecule has 0 aromatic rings. The normalized spacial score (nSPS) is 13.2. The molecule has 0 unspecified atom stereocenters. The summed E-state index contributed by atoms with van der Waals surface area (Å²) in [5, 5.41) is 0. The molecule has 0 atom stereocenters. The van der Waals surface area contributed by atoms with E-state index in [1.807, 2.05) is 12.2 Å².